The first-order chi connectivity index (χ1) is 14.9. The minimum absolute atomic E-state index is 0.0713. The van der Waals surface area contributed by atoms with Crippen molar-refractivity contribution in [2.75, 3.05) is 32.1 Å². The lowest BCUT2D eigenvalue weighted by Crippen LogP contribution is -2.41. The molecule has 0 bridgehead atoms. The van der Waals surface area contributed by atoms with Gasteiger partial charge in [-0.3, -0.25) is 9.59 Å². The standard InChI is InChI=1S/C23H31N3O5/c1-15(2)9-12-30-19-6-5-18(14-20(19)29-4)23(28)26-10-7-17(8-11-26)22(27)24-21-13-16(3)31-25-21/h5-6,13-15,17H,7-12H2,1-4H3,(H,24,25,27). The van der Waals surface area contributed by atoms with Crippen LogP contribution < -0.4 is 14.8 Å². The third-order valence-electron chi connectivity index (χ3n) is 5.40. The minimum Gasteiger partial charge on any atom is -0.493 e. The normalized spacial score (nSPS) is 14.5. The van der Waals surface area contributed by atoms with E-state index < -0.39 is 0 Å². The number of amides is 2. The van der Waals surface area contributed by atoms with Crippen molar-refractivity contribution in [3.8, 4) is 11.5 Å². The molecular formula is C23H31N3O5. The Morgan fingerprint density at radius 3 is 2.58 bits per heavy atom. The molecule has 0 radical (unpaired) electrons. The van der Waals surface area contributed by atoms with Gasteiger partial charge in [0.25, 0.3) is 5.91 Å². The molecule has 1 aromatic carbocycles. The van der Waals surface area contributed by atoms with Crippen LogP contribution in [-0.2, 0) is 4.79 Å². The van der Waals surface area contributed by atoms with E-state index in [1.165, 1.54) is 0 Å². The molecule has 1 aliphatic rings. The number of aromatic nitrogens is 1. The fourth-order valence-electron chi connectivity index (χ4n) is 3.51. The smallest absolute Gasteiger partial charge is 0.253 e. The van der Waals surface area contributed by atoms with Gasteiger partial charge in [0.05, 0.1) is 13.7 Å². The van der Waals surface area contributed by atoms with Crippen molar-refractivity contribution in [3.63, 3.8) is 0 Å². The number of aryl methyl sites for hydroxylation is 1. The van der Waals surface area contributed by atoms with Crippen molar-refractivity contribution in [3.05, 3.63) is 35.6 Å². The second kappa shape index (κ2) is 10.3. The predicted molar refractivity (Wildman–Crippen MR) is 116 cm³/mol. The molecule has 31 heavy (non-hydrogen) atoms. The zero-order valence-corrected chi connectivity index (χ0v) is 18.6. The Hall–Kier alpha value is -3.03. The van der Waals surface area contributed by atoms with Gasteiger partial charge in [0.1, 0.15) is 5.76 Å². The molecule has 2 amide bonds. The molecule has 168 valence electrons. The number of benzene rings is 1. The van der Waals surface area contributed by atoms with E-state index in [0.29, 0.717) is 67.1 Å². The highest BCUT2D eigenvalue weighted by atomic mass is 16.5. The van der Waals surface area contributed by atoms with Crippen molar-refractivity contribution < 1.29 is 23.6 Å². The number of hydrogen-bond acceptors (Lipinski definition) is 6. The van der Waals surface area contributed by atoms with E-state index in [1.807, 2.05) is 0 Å². The third kappa shape index (κ3) is 5.99. The monoisotopic (exact) mass is 429 g/mol. The maximum atomic E-state index is 13.0. The Morgan fingerprint density at radius 1 is 1.23 bits per heavy atom. The number of methoxy groups -OCH3 is 1. The van der Waals surface area contributed by atoms with E-state index in [4.69, 9.17) is 14.0 Å². The van der Waals surface area contributed by atoms with Gasteiger partial charge in [0.2, 0.25) is 5.91 Å². The van der Waals surface area contributed by atoms with E-state index in [2.05, 4.69) is 24.3 Å². The van der Waals surface area contributed by atoms with E-state index in [-0.39, 0.29) is 17.7 Å². The summed E-state index contributed by atoms with van der Waals surface area (Å²) in [5.41, 5.74) is 0.550. The van der Waals surface area contributed by atoms with E-state index in [0.717, 1.165) is 6.42 Å². The van der Waals surface area contributed by atoms with Crippen molar-refractivity contribution in [2.45, 2.75) is 40.0 Å². The molecular weight excluding hydrogens is 398 g/mol. The summed E-state index contributed by atoms with van der Waals surface area (Å²) in [4.78, 5) is 27.2. The van der Waals surface area contributed by atoms with Gasteiger partial charge in [-0.1, -0.05) is 19.0 Å². The van der Waals surface area contributed by atoms with Crippen LogP contribution in [0.1, 0.15) is 49.2 Å². The Labute approximate surface area is 182 Å². The van der Waals surface area contributed by atoms with Crippen LogP contribution in [0.25, 0.3) is 0 Å². The van der Waals surface area contributed by atoms with Crippen molar-refractivity contribution in [2.24, 2.45) is 11.8 Å². The number of anilines is 1. The summed E-state index contributed by atoms with van der Waals surface area (Å²) in [5.74, 6) is 2.48. The molecule has 0 unspecified atom stereocenters. The highest BCUT2D eigenvalue weighted by molar-refractivity contribution is 5.95. The summed E-state index contributed by atoms with van der Waals surface area (Å²) in [6, 6.07) is 6.95. The first-order valence-electron chi connectivity index (χ1n) is 10.7. The molecule has 1 aromatic heterocycles. The molecule has 8 heteroatoms. The van der Waals surface area contributed by atoms with E-state index >= 15 is 0 Å². The summed E-state index contributed by atoms with van der Waals surface area (Å²) in [7, 11) is 1.57. The van der Waals surface area contributed by atoms with Crippen LogP contribution in [0.2, 0.25) is 0 Å². The van der Waals surface area contributed by atoms with Gasteiger partial charge in [0.15, 0.2) is 17.3 Å². The van der Waals surface area contributed by atoms with Gasteiger partial charge >= 0.3 is 0 Å². The summed E-state index contributed by atoms with van der Waals surface area (Å²) < 4.78 is 16.2. The van der Waals surface area contributed by atoms with Crippen molar-refractivity contribution >= 4 is 17.6 Å². The molecule has 2 aromatic rings. The summed E-state index contributed by atoms with van der Waals surface area (Å²) in [6.07, 6.45) is 2.15. The number of carbonyl (C=O) groups is 2. The van der Waals surface area contributed by atoms with Crippen LogP contribution in [-0.4, -0.2) is 48.7 Å². The van der Waals surface area contributed by atoms with Crippen molar-refractivity contribution in [1.82, 2.24) is 10.1 Å². The Balaban J connectivity index is 1.55. The first kappa shape index (κ1) is 22.7. The lowest BCUT2D eigenvalue weighted by Gasteiger charge is -2.31. The number of piperidine rings is 1. The second-order valence-corrected chi connectivity index (χ2v) is 8.28. The molecule has 0 atom stereocenters. The van der Waals surface area contributed by atoms with Crippen LogP contribution in [0.5, 0.6) is 11.5 Å². The van der Waals surface area contributed by atoms with Crippen LogP contribution in [0.15, 0.2) is 28.8 Å². The number of carbonyl (C=O) groups excluding carboxylic acids is 2. The van der Waals surface area contributed by atoms with Gasteiger partial charge < -0.3 is 24.2 Å². The van der Waals surface area contributed by atoms with Crippen LogP contribution >= 0.6 is 0 Å². The molecule has 0 spiro atoms. The number of likely N-dealkylation sites (tertiary alicyclic amines) is 1. The van der Waals surface area contributed by atoms with Gasteiger partial charge in [0, 0.05) is 30.6 Å². The maximum absolute atomic E-state index is 13.0. The molecule has 1 fully saturated rings. The second-order valence-electron chi connectivity index (χ2n) is 8.28. The van der Waals surface area contributed by atoms with E-state index in [1.54, 1.807) is 43.2 Å². The topological polar surface area (TPSA) is 93.9 Å². The number of nitrogens with zero attached hydrogens (tertiary/aromatic N) is 2. The zero-order chi connectivity index (χ0) is 22.4. The maximum Gasteiger partial charge on any atom is 0.253 e. The SMILES string of the molecule is COc1cc(C(=O)N2CCC(C(=O)Nc3cc(C)on3)CC2)ccc1OCCC(C)C. The van der Waals surface area contributed by atoms with Gasteiger partial charge in [-0.15, -0.1) is 0 Å². The quantitative estimate of drug-likeness (QED) is 0.684. The zero-order valence-electron chi connectivity index (χ0n) is 18.6. The fraction of sp³-hybridized carbons (Fsp3) is 0.522. The predicted octanol–water partition coefficient (Wildman–Crippen LogP) is 3.91. The average molecular weight is 430 g/mol. The number of nitrogens with one attached hydrogen (secondary N) is 1. The molecule has 0 saturated carbocycles. The van der Waals surface area contributed by atoms with E-state index in [9.17, 15) is 9.59 Å². The third-order valence-corrected chi connectivity index (χ3v) is 5.40. The van der Waals surface area contributed by atoms with Crippen LogP contribution in [0, 0.1) is 18.8 Å². The number of ether oxygens (including phenoxy) is 2. The molecule has 1 saturated heterocycles. The molecule has 1 aliphatic heterocycles. The van der Waals surface area contributed by atoms with Crippen molar-refractivity contribution in [1.29, 1.82) is 0 Å². The average Bonchev–Trinajstić information content (AvgIpc) is 3.17. The van der Waals surface area contributed by atoms with Crippen LogP contribution in [0.4, 0.5) is 5.82 Å². The highest BCUT2D eigenvalue weighted by Crippen LogP contribution is 2.30. The van der Waals surface area contributed by atoms with Gasteiger partial charge in [-0.2, -0.15) is 0 Å². The molecule has 2 heterocycles. The Bertz CT molecular complexity index is 900. The van der Waals surface area contributed by atoms with Gasteiger partial charge in [-0.25, -0.2) is 0 Å². The van der Waals surface area contributed by atoms with Crippen LogP contribution in [0.3, 0.4) is 0 Å². The minimum atomic E-state index is -0.160. The molecule has 8 nitrogen and oxygen atoms in total. The highest BCUT2D eigenvalue weighted by Gasteiger charge is 2.28. The Kier molecular flexibility index (Phi) is 7.55. The molecule has 0 aliphatic carbocycles. The first-order valence-corrected chi connectivity index (χ1v) is 10.7. The lowest BCUT2D eigenvalue weighted by molar-refractivity contribution is -0.121. The summed E-state index contributed by atoms with van der Waals surface area (Å²) >= 11 is 0. The molecule has 3 rings (SSSR count). The molecule has 1 N–H and O–H groups in total. The summed E-state index contributed by atoms with van der Waals surface area (Å²) in [5, 5.41) is 6.57. The van der Waals surface area contributed by atoms with Gasteiger partial charge in [-0.05, 0) is 50.3 Å². The number of rotatable bonds is 8. The summed E-state index contributed by atoms with van der Waals surface area (Å²) in [6.45, 7) is 7.69. The number of hydrogen-bond donors (Lipinski definition) is 1. The Morgan fingerprint density at radius 2 is 1.97 bits per heavy atom. The fourth-order valence-corrected chi connectivity index (χ4v) is 3.51. The lowest BCUT2D eigenvalue weighted by atomic mass is 9.95. The largest absolute Gasteiger partial charge is 0.493 e.